The molecule has 32 heavy (non-hydrogen) atoms. The molecule has 2 aliphatic rings. The van der Waals surface area contributed by atoms with Crippen molar-refractivity contribution in [3.8, 4) is 0 Å². The summed E-state index contributed by atoms with van der Waals surface area (Å²) in [6.45, 7) is 9.51. The summed E-state index contributed by atoms with van der Waals surface area (Å²) in [7, 11) is 0. The highest BCUT2D eigenvalue weighted by Gasteiger charge is 2.37. The van der Waals surface area contributed by atoms with E-state index in [4.69, 9.17) is 0 Å². The van der Waals surface area contributed by atoms with E-state index in [0.717, 1.165) is 43.5 Å². The van der Waals surface area contributed by atoms with E-state index < -0.39 is 0 Å². The molecular weight excluding hydrogens is 398 g/mol. The highest BCUT2D eigenvalue weighted by Crippen LogP contribution is 2.32. The number of likely N-dealkylation sites (tertiary alicyclic amines) is 1. The number of rotatable bonds is 5. The van der Waals surface area contributed by atoms with Gasteiger partial charge in [0.15, 0.2) is 0 Å². The number of carbonyl (C=O) groups is 2. The molecule has 1 saturated heterocycles. The number of hydrogen-bond acceptors (Lipinski definition) is 3. The predicted octanol–water partition coefficient (Wildman–Crippen LogP) is 3.78. The number of fused-ring (bicyclic) bond motifs is 1. The molecule has 2 heterocycles. The molecule has 2 aliphatic heterocycles. The van der Waals surface area contributed by atoms with Crippen LogP contribution >= 0.6 is 0 Å². The molecule has 0 bridgehead atoms. The van der Waals surface area contributed by atoms with E-state index in [1.54, 1.807) is 0 Å². The number of carbonyl (C=O) groups excluding carboxylic acids is 2. The minimum atomic E-state index is -0.374. The van der Waals surface area contributed by atoms with Crippen LogP contribution in [-0.2, 0) is 22.6 Å². The zero-order chi connectivity index (χ0) is 22.7. The van der Waals surface area contributed by atoms with Gasteiger partial charge in [-0.1, -0.05) is 49.4 Å². The Morgan fingerprint density at radius 2 is 1.75 bits per heavy atom. The zero-order valence-electron chi connectivity index (χ0n) is 19.6. The Bertz CT molecular complexity index is 979. The summed E-state index contributed by atoms with van der Waals surface area (Å²) < 4.78 is 0. The minimum Gasteiger partial charge on any atom is -0.351 e. The van der Waals surface area contributed by atoms with Crippen LogP contribution in [-0.4, -0.2) is 47.8 Å². The molecule has 170 valence electrons. The third kappa shape index (κ3) is 5.04. The molecule has 4 rings (SSSR count). The molecule has 0 spiro atoms. The van der Waals surface area contributed by atoms with Gasteiger partial charge in [0.1, 0.15) is 6.04 Å². The Labute approximate surface area is 191 Å². The molecular formula is C27H35N3O2. The number of amides is 2. The summed E-state index contributed by atoms with van der Waals surface area (Å²) in [6, 6.07) is 14.1. The van der Waals surface area contributed by atoms with E-state index >= 15 is 0 Å². The summed E-state index contributed by atoms with van der Waals surface area (Å²) in [5.41, 5.74) is 5.86. The molecule has 0 aliphatic carbocycles. The van der Waals surface area contributed by atoms with Crippen LogP contribution in [0.25, 0.3) is 0 Å². The van der Waals surface area contributed by atoms with Crippen molar-refractivity contribution in [3.05, 3.63) is 70.3 Å². The Balaban J connectivity index is 1.46. The van der Waals surface area contributed by atoms with Crippen molar-refractivity contribution in [1.29, 1.82) is 0 Å². The molecule has 1 fully saturated rings. The van der Waals surface area contributed by atoms with E-state index in [0.29, 0.717) is 19.0 Å². The predicted molar refractivity (Wildman–Crippen MR) is 127 cm³/mol. The molecule has 5 heteroatoms. The number of piperidine rings is 1. The lowest BCUT2D eigenvalue weighted by atomic mass is 9.90. The SMILES string of the molecule is Cc1ccc(CNC(=O)CN2CCc3ccccc3[C@@H]2C(=O)N2CCC(C)CC2)cc1C. The summed E-state index contributed by atoms with van der Waals surface area (Å²) >= 11 is 0. The maximum Gasteiger partial charge on any atom is 0.244 e. The van der Waals surface area contributed by atoms with Crippen molar-refractivity contribution in [3.63, 3.8) is 0 Å². The monoisotopic (exact) mass is 433 g/mol. The quantitative estimate of drug-likeness (QED) is 0.781. The molecule has 0 unspecified atom stereocenters. The average molecular weight is 434 g/mol. The van der Waals surface area contributed by atoms with Crippen molar-refractivity contribution in [2.24, 2.45) is 5.92 Å². The van der Waals surface area contributed by atoms with Gasteiger partial charge >= 0.3 is 0 Å². The molecule has 0 saturated carbocycles. The fraction of sp³-hybridized carbons (Fsp3) is 0.481. The van der Waals surface area contributed by atoms with Crippen LogP contribution in [0.5, 0.6) is 0 Å². The van der Waals surface area contributed by atoms with Crippen molar-refractivity contribution in [1.82, 2.24) is 15.1 Å². The number of nitrogens with one attached hydrogen (secondary N) is 1. The van der Waals surface area contributed by atoms with E-state index in [1.165, 1.54) is 16.7 Å². The fourth-order valence-electron chi connectivity index (χ4n) is 4.83. The van der Waals surface area contributed by atoms with Gasteiger partial charge in [-0.15, -0.1) is 0 Å². The molecule has 0 aromatic heterocycles. The Morgan fingerprint density at radius 1 is 1.00 bits per heavy atom. The van der Waals surface area contributed by atoms with Gasteiger partial charge in [-0.05, 0) is 66.8 Å². The smallest absolute Gasteiger partial charge is 0.244 e. The first-order chi connectivity index (χ1) is 15.4. The van der Waals surface area contributed by atoms with Gasteiger partial charge < -0.3 is 10.2 Å². The second kappa shape index (κ2) is 9.86. The van der Waals surface area contributed by atoms with E-state index in [-0.39, 0.29) is 24.4 Å². The molecule has 1 N–H and O–H groups in total. The molecule has 1 atom stereocenters. The highest BCUT2D eigenvalue weighted by molar-refractivity contribution is 5.85. The molecule has 0 radical (unpaired) electrons. The molecule has 2 amide bonds. The standard InChI is InChI=1S/C27H35N3O2/c1-19-10-13-29(14-11-19)27(32)26-24-7-5-4-6-23(24)12-15-30(26)18-25(31)28-17-22-9-8-20(2)21(3)16-22/h4-9,16,19,26H,10-15,17-18H2,1-3H3,(H,28,31)/t26-/m1/s1. The van der Waals surface area contributed by atoms with Gasteiger partial charge in [-0.2, -0.15) is 0 Å². The van der Waals surface area contributed by atoms with Crippen LogP contribution in [0.4, 0.5) is 0 Å². The summed E-state index contributed by atoms with van der Waals surface area (Å²) in [6.07, 6.45) is 2.97. The second-order valence-corrected chi connectivity index (χ2v) is 9.52. The van der Waals surface area contributed by atoms with Gasteiger partial charge in [-0.3, -0.25) is 14.5 Å². The zero-order valence-corrected chi connectivity index (χ0v) is 19.6. The summed E-state index contributed by atoms with van der Waals surface area (Å²) in [4.78, 5) is 30.5. The first kappa shape index (κ1) is 22.5. The Morgan fingerprint density at radius 3 is 2.50 bits per heavy atom. The van der Waals surface area contributed by atoms with Crippen LogP contribution in [0.15, 0.2) is 42.5 Å². The largest absolute Gasteiger partial charge is 0.351 e. The van der Waals surface area contributed by atoms with Crippen LogP contribution in [0.1, 0.15) is 53.6 Å². The van der Waals surface area contributed by atoms with Gasteiger partial charge in [0, 0.05) is 26.2 Å². The third-order valence-corrected chi connectivity index (χ3v) is 7.12. The summed E-state index contributed by atoms with van der Waals surface area (Å²) in [5, 5.41) is 3.06. The lowest BCUT2D eigenvalue weighted by Crippen LogP contribution is -2.50. The van der Waals surface area contributed by atoms with Crippen molar-refractivity contribution in [2.45, 2.75) is 52.6 Å². The van der Waals surface area contributed by atoms with E-state index in [9.17, 15) is 9.59 Å². The molecule has 2 aromatic carbocycles. The minimum absolute atomic E-state index is 0.0346. The van der Waals surface area contributed by atoms with Crippen LogP contribution in [0.2, 0.25) is 0 Å². The molecule has 2 aromatic rings. The molecule has 5 nitrogen and oxygen atoms in total. The number of aryl methyl sites for hydroxylation is 2. The number of benzene rings is 2. The van der Waals surface area contributed by atoms with Crippen molar-refractivity contribution in [2.75, 3.05) is 26.2 Å². The van der Waals surface area contributed by atoms with E-state index in [1.807, 2.05) is 17.0 Å². The number of nitrogens with zero attached hydrogens (tertiary/aromatic N) is 2. The second-order valence-electron chi connectivity index (χ2n) is 9.52. The fourth-order valence-corrected chi connectivity index (χ4v) is 4.83. The maximum absolute atomic E-state index is 13.6. The van der Waals surface area contributed by atoms with Crippen LogP contribution in [0.3, 0.4) is 0 Å². The summed E-state index contributed by atoms with van der Waals surface area (Å²) in [5.74, 6) is 0.781. The average Bonchev–Trinajstić information content (AvgIpc) is 2.80. The van der Waals surface area contributed by atoms with Gasteiger partial charge in [0.05, 0.1) is 6.54 Å². The van der Waals surface area contributed by atoms with Crippen LogP contribution < -0.4 is 5.32 Å². The highest BCUT2D eigenvalue weighted by atomic mass is 16.2. The lowest BCUT2D eigenvalue weighted by molar-refractivity contribution is -0.140. The van der Waals surface area contributed by atoms with Gasteiger partial charge in [0.2, 0.25) is 11.8 Å². The van der Waals surface area contributed by atoms with Crippen LogP contribution in [0, 0.1) is 19.8 Å². The number of hydrogen-bond donors (Lipinski definition) is 1. The van der Waals surface area contributed by atoms with Crippen molar-refractivity contribution >= 4 is 11.8 Å². The van der Waals surface area contributed by atoms with E-state index in [2.05, 4.69) is 61.3 Å². The topological polar surface area (TPSA) is 52.7 Å². The Hall–Kier alpha value is -2.66. The Kier molecular flexibility index (Phi) is 6.95. The van der Waals surface area contributed by atoms with Gasteiger partial charge in [-0.25, -0.2) is 0 Å². The maximum atomic E-state index is 13.6. The van der Waals surface area contributed by atoms with Gasteiger partial charge in [0.25, 0.3) is 0 Å². The normalized spacial score (nSPS) is 19.5. The first-order valence-electron chi connectivity index (χ1n) is 11.9. The third-order valence-electron chi connectivity index (χ3n) is 7.12. The lowest BCUT2D eigenvalue weighted by Gasteiger charge is -2.40. The van der Waals surface area contributed by atoms with Crippen molar-refractivity contribution < 1.29 is 9.59 Å². The first-order valence-corrected chi connectivity index (χ1v) is 11.9.